The Morgan fingerprint density at radius 3 is 2.93 bits per heavy atom. The summed E-state index contributed by atoms with van der Waals surface area (Å²) in [7, 11) is 0. The van der Waals surface area contributed by atoms with Gasteiger partial charge in [0.2, 0.25) is 0 Å². The molecule has 0 amide bonds. The molecule has 15 heavy (non-hydrogen) atoms. The molecule has 1 heterocycles. The fraction of sp³-hybridized carbons (Fsp3) is 0.333. The van der Waals surface area contributed by atoms with Crippen molar-refractivity contribution in [1.29, 1.82) is 0 Å². The van der Waals surface area contributed by atoms with E-state index in [1.165, 1.54) is 6.07 Å². The lowest BCUT2D eigenvalue weighted by atomic mass is 10.3. The first-order valence-corrected chi connectivity index (χ1v) is 4.70. The lowest BCUT2D eigenvalue weighted by Crippen LogP contribution is -2.13. The Hall–Kier alpha value is -1.20. The third kappa shape index (κ3) is 2.64. The van der Waals surface area contributed by atoms with E-state index in [1.807, 2.05) is 0 Å². The molecule has 0 aliphatic rings. The SMILES string of the molecule is CCOC(=O)c1nc(CN)cc(Cl)c1F. The number of rotatable bonds is 3. The molecule has 82 valence electrons. The van der Waals surface area contributed by atoms with Gasteiger partial charge in [-0.3, -0.25) is 0 Å². The van der Waals surface area contributed by atoms with Gasteiger partial charge in [-0.25, -0.2) is 14.2 Å². The van der Waals surface area contributed by atoms with E-state index in [0.717, 1.165) is 0 Å². The first kappa shape index (κ1) is 11.9. The Morgan fingerprint density at radius 2 is 2.40 bits per heavy atom. The highest BCUT2D eigenvalue weighted by Crippen LogP contribution is 2.18. The molecule has 1 aromatic heterocycles. The zero-order valence-electron chi connectivity index (χ0n) is 8.09. The van der Waals surface area contributed by atoms with Crippen LogP contribution in [0.25, 0.3) is 0 Å². The van der Waals surface area contributed by atoms with Gasteiger partial charge in [0.05, 0.1) is 17.3 Å². The molecule has 0 unspecified atom stereocenters. The highest BCUT2D eigenvalue weighted by atomic mass is 35.5. The maximum Gasteiger partial charge on any atom is 0.360 e. The van der Waals surface area contributed by atoms with Gasteiger partial charge in [-0.05, 0) is 13.0 Å². The Kier molecular flexibility index (Phi) is 3.99. The lowest BCUT2D eigenvalue weighted by molar-refractivity contribution is 0.0513. The summed E-state index contributed by atoms with van der Waals surface area (Å²) < 4.78 is 18.0. The number of aromatic nitrogens is 1. The molecular formula is C9H10ClFN2O2. The third-order valence-electron chi connectivity index (χ3n) is 1.64. The van der Waals surface area contributed by atoms with E-state index in [4.69, 9.17) is 17.3 Å². The molecule has 4 nitrogen and oxygen atoms in total. The van der Waals surface area contributed by atoms with Crippen molar-refractivity contribution < 1.29 is 13.9 Å². The van der Waals surface area contributed by atoms with Crippen molar-refractivity contribution >= 4 is 17.6 Å². The standard InChI is InChI=1S/C9H10ClFN2O2/c1-2-15-9(14)8-7(11)6(10)3-5(4-12)13-8/h3H,2,4,12H2,1H3. The number of carbonyl (C=O) groups excluding carboxylic acids is 1. The number of hydrogen-bond donors (Lipinski definition) is 1. The molecule has 0 spiro atoms. The van der Waals surface area contributed by atoms with E-state index in [0.29, 0.717) is 5.69 Å². The summed E-state index contributed by atoms with van der Waals surface area (Å²) in [5.74, 6) is -1.72. The van der Waals surface area contributed by atoms with Crippen LogP contribution < -0.4 is 5.73 Å². The summed E-state index contributed by atoms with van der Waals surface area (Å²) in [5.41, 5.74) is 5.23. The predicted molar refractivity (Wildman–Crippen MR) is 53.1 cm³/mol. The topological polar surface area (TPSA) is 65.2 Å². The van der Waals surface area contributed by atoms with E-state index < -0.39 is 17.5 Å². The molecule has 0 saturated carbocycles. The van der Waals surface area contributed by atoms with Gasteiger partial charge in [-0.1, -0.05) is 11.6 Å². The van der Waals surface area contributed by atoms with Gasteiger partial charge in [0.1, 0.15) is 0 Å². The minimum Gasteiger partial charge on any atom is -0.461 e. The van der Waals surface area contributed by atoms with Crippen molar-refractivity contribution in [3.63, 3.8) is 0 Å². The Labute approximate surface area is 91.2 Å². The molecule has 1 aromatic rings. The zero-order chi connectivity index (χ0) is 11.4. The molecule has 2 N–H and O–H groups in total. The molecule has 0 aliphatic heterocycles. The highest BCUT2D eigenvalue weighted by Gasteiger charge is 2.18. The van der Waals surface area contributed by atoms with Crippen LogP contribution in [0.5, 0.6) is 0 Å². The molecule has 0 aliphatic carbocycles. The van der Waals surface area contributed by atoms with Crippen LogP contribution in [-0.2, 0) is 11.3 Å². The molecule has 0 bridgehead atoms. The maximum absolute atomic E-state index is 13.4. The molecular weight excluding hydrogens is 223 g/mol. The second-order valence-corrected chi connectivity index (χ2v) is 3.09. The maximum atomic E-state index is 13.4. The average Bonchev–Trinajstić information content (AvgIpc) is 2.22. The van der Waals surface area contributed by atoms with Crippen LogP contribution in [0.1, 0.15) is 23.1 Å². The number of pyridine rings is 1. The van der Waals surface area contributed by atoms with Crippen molar-refractivity contribution in [3.05, 3.63) is 28.3 Å². The van der Waals surface area contributed by atoms with Crippen LogP contribution in [0.3, 0.4) is 0 Å². The first-order valence-electron chi connectivity index (χ1n) is 4.32. The van der Waals surface area contributed by atoms with E-state index in [1.54, 1.807) is 6.92 Å². The van der Waals surface area contributed by atoms with Crippen molar-refractivity contribution in [2.45, 2.75) is 13.5 Å². The van der Waals surface area contributed by atoms with Gasteiger partial charge in [0.15, 0.2) is 11.5 Å². The number of halogens is 2. The van der Waals surface area contributed by atoms with Crippen molar-refractivity contribution in [3.8, 4) is 0 Å². The summed E-state index contributed by atoms with van der Waals surface area (Å²) in [6, 6.07) is 1.28. The quantitative estimate of drug-likeness (QED) is 0.803. The van der Waals surface area contributed by atoms with Gasteiger partial charge in [-0.15, -0.1) is 0 Å². The van der Waals surface area contributed by atoms with Gasteiger partial charge < -0.3 is 10.5 Å². The summed E-state index contributed by atoms with van der Waals surface area (Å²) in [6.45, 7) is 1.83. The van der Waals surface area contributed by atoms with Gasteiger partial charge in [0, 0.05) is 6.54 Å². The van der Waals surface area contributed by atoms with Crippen molar-refractivity contribution in [1.82, 2.24) is 4.98 Å². The number of esters is 1. The molecule has 0 aromatic carbocycles. The monoisotopic (exact) mass is 232 g/mol. The minimum atomic E-state index is -0.882. The molecule has 0 atom stereocenters. The second-order valence-electron chi connectivity index (χ2n) is 2.68. The normalized spacial score (nSPS) is 10.1. The second kappa shape index (κ2) is 5.04. The highest BCUT2D eigenvalue weighted by molar-refractivity contribution is 6.31. The number of nitrogens with zero attached hydrogens (tertiary/aromatic N) is 1. The smallest absolute Gasteiger partial charge is 0.360 e. The fourth-order valence-electron chi connectivity index (χ4n) is 0.987. The van der Waals surface area contributed by atoms with Crippen LogP contribution in [0, 0.1) is 5.82 Å². The van der Waals surface area contributed by atoms with E-state index in [2.05, 4.69) is 9.72 Å². The molecule has 0 fully saturated rings. The first-order chi connectivity index (χ1) is 7.10. The fourth-order valence-corrected chi connectivity index (χ4v) is 1.20. The zero-order valence-corrected chi connectivity index (χ0v) is 8.84. The lowest BCUT2D eigenvalue weighted by Gasteiger charge is -2.05. The minimum absolute atomic E-state index is 0.0758. The Balaban J connectivity index is 3.15. The summed E-state index contributed by atoms with van der Waals surface area (Å²) in [6.07, 6.45) is 0. The Morgan fingerprint density at radius 1 is 1.73 bits per heavy atom. The van der Waals surface area contributed by atoms with Gasteiger partial charge in [-0.2, -0.15) is 0 Å². The van der Waals surface area contributed by atoms with E-state index in [-0.39, 0.29) is 18.2 Å². The summed E-state index contributed by atoms with van der Waals surface area (Å²) >= 11 is 5.56. The Bertz CT molecular complexity index is 385. The number of hydrogen-bond acceptors (Lipinski definition) is 4. The average molecular weight is 233 g/mol. The predicted octanol–water partition coefficient (Wildman–Crippen LogP) is 1.51. The van der Waals surface area contributed by atoms with E-state index >= 15 is 0 Å². The third-order valence-corrected chi connectivity index (χ3v) is 1.92. The number of nitrogens with two attached hydrogens (primary N) is 1. The van der Waals surface area contributed by atoms with Crippen molar-refractivity contribution in [2.75, 3.05) is 6.61 Å². The molecule has 0 radical (unpaired) electrons. The summed E-state index contributed by atoms with van der Waals surface area (Å²) in [4.78, 5) is 15.0. The number of ether oxygens (including phenoxy) is 1. The number of carbonyl (C=O) groups is 1. The van der Waals surface area contributed by atoms with E-state index in [9.17, 15) is 9.18 Å². The molecule has 0 saturated heterocycles. The van der Waals surface area contributed by atoms with Crippen LogP contribution in [-0.4, -0.2) is 17.6 Å². The van der Waals surface area contributed by atoms with Crippen LogP contribution in [0.4, 0.5) is 4.39 Å². The summed E-state index contributed by atoms with van der Waals surface area (Å²) in [5, 5.41) is -0.187. The molecule has 6 heteroatoms. The van der Waals surface area contributed by atoms with Crippen LogP contribution >= 0.6 is 11.6 Å². The van der Waals surface area contributed by atoms with Crippen LogP contribution in [0.15, 0.2) is 6.07 Å². The van der Waals surface area contributed by atoms with Gasteiger partial charge in [0.25, 0.3) is 0 Å². The van der Waals surface area contributed by atoms with Crippen LogP contribution in [0.2, 0.25) is 5.02 Å². The van der Waals surface area contributed by atoms with Gasteiger partial charge >= 0.3 is 5.97 Å². The molecule has 1 rings (SSSR count). The largest absolute Gasteiger partial charge is 0.461 e. The van der Waals surface area contributed by atoms with Crippen molar-refractivity contribution in [2.24, 2.45) is 5.73 Å².